The highest BCUT2D eigenvalue weighted by molar-refractivity contribution is 5.17. The highest BCUT2D eigenvalue weighted by atomic mass is 14.2. The van der Waals surface area contributed by atoms with Crippen molar-refractivity contribution in [1.29, 1.82) is 0 Å². The molecule has 9 heavy (non-hydrogen) atoms. The molecule has 0 heterocycles. The maximum absolute atomic E-state index is 2.50. The molecule has 2 bridgehead atoms. The summed E-state index contributed by atoms with van der Waals surface area (Å²) in [5.41, 5.74) is 1.75. The molecule has 0 saturated heterocycles. The first-order valence-corrected chi connectivity index (χ1v) is 4.15. The highest BCUT2D eigenvalue weighted by Crippen LogP contribution is 2.35. The van der Waals surface area contributed by atoms with Gasteiger partial charge in [-0.3, -0.25) is 0 Å². The molecule has 1 saturated carbocycles. The molecule has 0 aromatic rings. The van der Waals surface area contributed by atoms with E-state index in [1.165, 1.54) is 38.5 Å². The molecule has 0 aromatic heterocycles. The average molecular weight is 122 g/mol. The van der Waals surface area contributed by atoms with Gasteiger partial charge in [0.25, 0.3) is 0 Å². The van der Waals surface area contributed by atoms with Gasteiger partial charge in [-0.05, 0) is 31.6 Å². The number of rotatable bonds is 0. The quantitative estimate of drug-likeness (QED) is 0.433. The minimum atomic E-state index is 1.00. The van der Waals surface area contributed by atoms with Crippen molar-refractivity contribution in [3.05, 3.63) is 11.6 Å². The standard InChI is InChI=1S/C9H14/c1-2-4-8-6-9(7-8)5-3-1/h6,8H,1-5,7H2. The second-order valence-corrected chi connectivity index (χ2v) is 3.39. The first kappa shape index (κ1) is 5.52. The molecule has 0 radical (unpaired) electrons. The van der Waals surface area contributed by atoms with Gasteiger partial charge in [-0.25, -0.2) is 0 Å². The van der Waals surface area contributed by atoms with Crippen molar-refractivity contribution in [2.75, 3.05) is 0 Å². The third-order valence-electron chi connectivity index (χ3n) is 2.57. The fourth-order valence-electron chi connectivity index (χ4n) is 1.94. The van der Waals surface area contributed by atoms with Gasteiger partial charge < -0.3 is 0 Å². The molecule has 1 atom stereocenters. The smallest absolute Gasteiger partial charge is 0.0194 e. The number of allylic oxidation sites excluding steroid dienone is 2. The molecule has 1 unspecified atom stereocenters. The molecular formula is C9H14. The monoisotopic (exact) mass is 122 g/mol. The summed E-state index contributed by atoms with van der Waals surface area (Å²) >= 11 is 0. The molecule has 3 aliphatic rings. The third-order valence-corrected chi connectivity index (χ3v) is 2.57. The maximum atomic E-state index is 2.50. The minimum absolute atomic E-state index is 1.00. The largest absolute Gasteiger partial charge is 0.0819 e. The van der Waals surface area contributed by atoms with Crippen LogP contribution in [0.25, 0.3) is 0 Å². The van der Waals surface area contributed by atoms with E-state index in [0.29, 0.717) is 0 Å². The van der Waals surface area contributed by atoms with Crippen LogP contribution in [0.15, 0.2) is 11.6 Å². The zero-order valence-electron chi connectivity index (χ0n) is 5.90. The van der Waals surface area contributed by atoms with E-state index in [9.17, 15) is 0 Å². The molecule has 0 spiro atoms. The normalized spacial score (nSPS) is 33.8. The number of hydrogen-bond donors (Lipinski definition) is 0. The highest BCUT2D eigenvalue weighted by Gasteiger charge is 2.19. The van der Waals surface area contributed by atoms with Crippen LogP contribution in [0.3, 0.4) is 0 Å². The van der Waals surface area contributed by atoms with Crippen molar-refractivity contribution >= 4 is 0 Å². The van der Waals surface area contributed by atoms with Crippen molar-refractivity contribution in [3.63, 3.8) is 0 Å². The van der Waals surface area contributed by atoms with Gasteiger partial charge in [-0.15, -0.1) is 0 Å². The van der Waals surface area contributed by atoms with E-state index >= 15 is 0 Å². The van der Waals surface area contributed by atoms with Crippen LogP contribution < -0.4 is 0 Å². The molecule has 3 aliphatic carbocycles. The lowest BCUT2D eigenvalue weighted by Crippen LogP contribution is -2.12. The second kappa shape index (κ2) is 2.17. The minimum Gasteiger partial charge on any atom is -0.0819 e. The molecule has 0 heteroatoms. The SMILES string of the molecule is C1=C2CCCCCC1C2. The molecule has 0 aromatic carbocycles. The van der Waals surface area contributed by atoms with E-state index in [0.717, 1.165) is 5.92 Å². The van der Waals surface area contributed by atoms with E-state index in [1.54, 1.807) is 5.57 Å². The van der Waals surface area contributed by atoms with E-state index < -0.39 is 0 Å². The number of fused-ring (bicyclic) bond motifs is 4. The lowest BCUT2D eigenvalue weighted by molar-refractivity contribution is 0.445. The zero-order valence-corrected chi connectivity index (χ0v) is 5.90. The fraction of sp³-hybridized carbons (Fsp3) is 0.778. The Balaban J connectivity index is 1.99. The van der Waals surface area contributed by atoms with Crippen molar-refractivity contribution in [3.8, 4) is 0 Å². The van der Waals surface area contributed by atoms with Crippen LogP contribution in [0.2, 0.25) is 0 Å². The molecular weight excluding hydrogens is 108 g/mol. The van der Waals surface area contributed by atoms with Crippen LogP contribution in [0.1, 0.15) is 38.5 Å². The van der Waals surface area contributed by atoms with Crippen molar-refractivity contribution in [2.45, 2.75) is 38.5 Å². The van der Waals surface area contributed by atoms with E-state index in [4.69, 9.17) is 0 Å². The third kappa shape index (κ3) is 1.03. The van der Waals surface area contributed by atoms with Crippen LogP contribution in [-0.2, 0) is 0 Å². The predicted octanol–water partition coefficient (Wildman–Crippen LogP) is 2.90. The Hall–Kier alpha value is -0.260. The maximum Gasteiger partial charge on any atom is -0.0194 e. The Bertz CT molecular complexity index is 133. The van der Waals surface area contributed by atoms with Gasteiger partial charge in [0.1, 0.15) is 0 Å². The molecule has 0 nitrogen and oxygen atoms in total. The van der Waals surface area contributed by atoms with E-state index in [2.05, 4.69) is 6.08 Å². The predicted molar refractivity (Wildman–Crippen MR) is 39.3 cm³/mol. The topological polar surface area (TPSA) is 0 Å². The van der Waals surface area contributed by atoms with E-state index in [1.807, 2.05) is 0 Å². The lowest BCUT2D eigenvalue weighted by atomic mass is 9.78. The molecule has 0 N–H and O–H groups in total. The van der Waals surface area contributed by atoms with Gasteiger partial charge in [-0.1, -0.05) is 24.5 Å². The zero-order chi connectivity index (χ0) is 6.10. The second-order valence-electron chi connectivity index (χ2n) is 3.39. The molecule has 1 fully saturated rings. The van der Waals surface area contributed by atoms with Gasteiger partial charge in [0.2, 0.25) is 0 Å². The Kier molecular flexibility index (Phi) is 1.33. The Labute approximate surface area is 57.0 Å². The number of hydrogen-bond acceptors (Lipinski definition) is 0. The van der Waals surface area contributed by atoms with Gasteiger partial charge in [0.15, 0.2) is 0 Å². The van der Waals surface area contributed by atoms with Gasteiger partial charge in [0.05, 0.1) is 0 Å². The Morgan fingerprint density at radius 3 is 3.00 bits per heavy atom. The molecule has 0 aliphatic heterocycles. The summed E-state index contributed by atoms with van der Waals surface area (Å²) in [6.45, 7) is 0. The van der Waals surface area contributed by atoms with Crippen molar-refractivity contribution in [1.82, 2.24) is 0 Å². The van der Waals surface area contributed by atoms with Crippen LogP contribution in [0.5, 0.6) is 0 Å². The Morgan fingerprint density at radius 2 is 2.11 bits per heavy atom. The first-order chi connectivity index (χ1) is 4.45. The summed E-state index contributed by atoms with van der Waals surface area (Å²) in [4.78, 5) is 0. The molecule has 3 rings (SSSR count). The summed E-state index contributed by atoms with van der Waals surface area (Å²) in [7, 11) is 0. The van der Waals surface area contributed by atoms with Gasteiger partial charge in [-0.2, -0.15) is 0 Å². The summed E-state index contributed by atoms with van der Waals surface area (Å²) in [6.07, 6.45) is 11.2. The Morgan fingerprint density at radius 1 is 1.22 bits per heavy atom. The lowest BCUT2D eigenvalue weighted by Gasteiger charge is -2.28. The average Bonchev–Trinajstić information content (AvgIpc) is 1.54. The first-order valence-electron chi connectivity index (χ1n) is 4.15. The summed E-state index contributed by atoms with van der Waals surface area (Å²) in [6, 6.07) is 0. The van der Waals surface area contributed by atoms with Gasteiger partial charge >= 0.3 is 0 Å². The fourth-order valence-corrected chi connectivity index (χ4v) is 1.94. The van der Waals surface area contributed by atoms with Crippen molar-refractivity contribution in [2.24, 2.45) is 5.92 Å². The summed E-state index contributed by atoms with van der Waals surface area (Å²) < 4.78 is 0. The van der Waals surface area contributed by atoms with Crippen LogP contribution >= 0.6 is 0 Å². The van der Waals surface area contributed by atoms with Crippen LogP contribution in [0.4, 0.5) is 0 Å². The van der Waals surface area contributed by atoms with Crippen molar-refractivity contribution < 1.29 is 0 Å². The van der Waals surface area contributed by atoms with Crippen LogP contribution in [0, 0.1) is 5.92 Å². The summed E-state index contributed by atoms with van der Waals surface area (Å²) in [5, 5.41) is 0. The molecule has 0 amide bonds. The summed E-state index contributed by atoms with van der Waals surface area (Å²) in [5.74, 6) is 1.00. The van der Waals surface area contributed by atoms with E-state index in [-0.39, 0.29) is 0 Å². The van der Waals surface area contributed by atoms with Crippen LogP contribution in [-0.4, -0.2) is 0 Å². The van der Waals surface area contributed by atoms with Gasteiger partial charge in [0, 0.05) is 0 Å². The molecule has 50 valence electrons.